The molecule has 0 unspecified atom stereocenters. The fourth-order valence-corrected chi connectivity index (χ4v) is 1.59. The van der Waals surface area contributed by atoms with E-state index in [1.165, 1.54) is 6.07 Å². The lowest BCUT2D eigenvalue weighted by atomic mass is 9.86. The number of amides is 1. The molecule has 0 saturated heterocycles. The van der Waals surface area contributed by atoms with Crippen LogP contribution in [0.1, 0.15) is 33.6 Å². The maximum atomic E-state index is 13.0. The molecule has 1 aliphatic heterocycles. The highest BCUT2D eigenvalue weighted by Gasteiger charge is 2.63. The fourth-order valence-electron chi connectivity index (χ4n) is 1.59. The first kappa shape index (κ1) is 15.4. The Kier molecular flexibility index (Phi) is 3.65. The Morgan fingerprint density at radius 1 is 1.53 bits per heavy atom. The largest absolute Gasteiger partial charge is 0.438 e. The standard InChI is InChI=1S/C11H14F3N3O2/c1-9(2,3)7-6-10(19,11(12,13)14)17(16-7)8(18)4-5-15/h19H,4,6H2,1-3H3/t10-/m1/s1. The van der Waals surface area contributed by atoms with E-state index >= 15 is 0 Å². The number of hydrogen-bond acceptors (Lipinski definition) is 4. The number of carbonyl (C=O) groups excluding carboxylic acids is 1. The molecular weight excluding hydrogens is 263 g/mol. The van der Waals surface area contributed by atoms with E-state index in [1.54, 1.807) is 20.8 Å². The summed E-state index contributed by atoms with van der Waals surface area (Å²) < 4.78 is 38.9. The third kappa shape index (κ3) is 2.71. The zero-order valence-electron chi connectivity index (χ0n) is 10.7. The number of nitriles is 1. The molecule has 0 spiro atoms. The average Bonchev–Trinajstić information content (AvgIpc) is 2.56. The monoisotopic (exact) mass is 277 g/mol. The van der Waals surface area contributed by atoms with Gasteiger partial charge in [-0.3, -0.25) is 4.79 Å². The molecule has 8 heteroatoms. The Morgan fingerprint density at radius 3 is 2.42 bits per heavy atom. The zero-order valence-corrected chi connectivity index (χ0v) is 10.7. The Balaban J connectivity index is 3.23. The van der Waals surface area contributed by atoms with Crippen LogP contribution in [0.15, 0.2) is 5.10 Å². The van der Waals surface area contributed by atoms with Gasteiger partial charge >= 0.3 is 6.18 Å². The summed E-state index contributed by atoms with van der Waals surface area (Å²) in [6.45, 7) is 4.88. The van der Waals surface area contributed by atoms with Crippen molar-refractivity contribution in [2.75, 3.05) is 0 Å². The minimum Gasteiger partial charge on any atom is -0.362 e. The number of aliphatic hydroxyl groups is 1. The van der Waals surface area contributed by atoms with Crippen LogP contribution in [-0.4, -0.2) is 33.6 Å². The molecule has 0 aliphatic carbocycles. The molecule has 1 rings (SSSR count). The molecule has 0 aromatic heterocycles. The Hall–Kier alpha value is -1.62. The maximum absolute atomic E-state index is 13.0. The van der Waals surface area contributed by atoms with Crippen molar-refractivity contribution >= 4 is 11.6 Å². The summed E-state index contributed by atoms with van der Waals surface area (Å²) in [4.78, 5) is 11.5. The van der Waals surface area contributed by atoms with Gasteiger partial charge in [-0.25, -0.2) is 0 Å². The van der Waals surface area contributed by atoms with Crippen LogP contribution in [-0.2, 0) is 4.79 Å². The van der Waals surface area contributed by atoms with Gasteiger partial charge in [-0.2, -0.15) is 28.5 Å². The second-order valence-corrected chi connectivity index (χ2v) is 5.33. The minimum absolute atomic E-state index is 0.0171. The lowest BCUT2D eigenvalue weighted by molar-refractivity contribution is -0.302. The molecule has 0 fully saturated rings. The minimum atomic E-state index is -5.05. The summed E-state index contributed by atoms with van der Waals surface area (Å²) in [5.41, 5.74) is -4.04. The smallest absolute Gasteiger partial charge is 0.362 e. The van der Waals surface area contributed by atoms with Crippen molar-refractivity contribution in [3.63, 3.8) is 0 Å². The van der Waals surface area contributed by atoms with E-state index in [9.17, 15) is 23.1 Å². The lowest BCUT2D eigenvalue weighted by Crippen LogP contribution is -2.56. The number of hydrazone groups is 1. The first-order valence-corrected chi connectivity index (χ1v) is 5.50. The Bertz CT molecular complexity index is 459. The summed E-state index contributed by atoms with van der Waals surface area (Å²) in [5, 5.41) is 21.7. The predicted octanol–water partition coefficient (Wildman–Crippen LogP) is 1.79. The summed E-state index contributed by atoms with van der Waals surface area (Å²) >= 11 is 0. The normalized spacial score (nSPS) is 24.1. The molecule has 1 amide bonds. The van der Waals surface area contributed by atoms with Gasteiger partial charge in [0.25, 0.3) is 11.6 Å². The maximum Gasteiger partial charge on any atom is 0.438 e. The van der Waals surface area contributed by atoms with Gasteiger partial charge in [-0.05, 0) is 0 Å². The second kappa shape index (κ2) is 4.49. The quantitative estimate of drug-likeness (QED) is 0.793. The van der Waals surface area contributed by atoms with Crippen LogP contribution in [0.4, 0.5) is 13.2 Å². The highest BCUT2D eigenvalue weighted by Crippen LogP contribution is 2.43. The van der Waals surface area contributed by atoms with E-state index in [1.807, 2.05) is 0 Å². The lowest BCUT2D eigenvalue weighted by Gasteiger charge is -2.32. The van der Waals surface area contributed by atoms with Gasteiger partial charge in [-0.15, -0.1) is 0 Å². The van der Waals surface area contributed by atoms with Crippen molar-refractivity contribution in [2.45, 2.75) is 45.5 Å². The van der Waals surface area contributed by atoms with Crippen molar-refractivity contribution in [1.82, 2.24) is 5.01 Å². The molecule has 0 saturated carbocycles. The molecule has 0 radical (unpaired) electrons. The molecule has 5 nitrogen and oxygen atoms in total. The molecule has 0 aromatic carbocycles. The van der Waals surface area contributed by atoms with E-state index in [-0.39, 0.29) is 10.7 Å². The Labute approximate surface area is 108 Å². The number of carbonyl (C=O) groups is 1. The fraction of sp³-hybridized carbons (Fsp3) is 0.727. The van der Waals surface area contributed by atoms with Crippen LogP contribution < -0.4 is 0 Å². The summed E-state index contributed by atoms with van der Waals surface area (Å²) in [6.07, 6.45) is -6.63. The van der Waals surface area contributed by atoms with Crippen LogP contribution in [0.5, 0.6) is 0 Å². The van der Waals surface area contributed by atoms with Crippen LogP contribution in [0.25, 0.3) is 0 Å². The molecule has 19 heavy (non-hydrogen) atoms. The van der Waals surface area contributed by atoms with E-state index in [2.05, 4.69) is 5.10 Å². The molecule has 0 aromatic rings. The van der Waals surface area contributed by atoms with Gasteiger partial charge in [0.2, 0.25) is 0 Å². The van der Waals surface area contributed by atoms with Crippen molar-refractivity contribution < 1.29 is 23.1 Å². The number of halogens is 3. The highest BCUT2D eigenvalue weighted by molar-refractivity contribution is 5.94. The van der Waals surface area contributed by atoms with Crippen molar-refractivity contribution in [1.29, 1.82) is 5.26 Å². The summed E-state index contributed by atoms with van der Waals surface area (Å²) in [6, 6.07) is 1.45. The van der Waals surface area contributed by atoms with Crippen LogP contribution in [0.2, 0.25) is 0 Å². The predicted molar refractivity (Wildman–Crippen MR) is 59.6 cm³/mol. The first-order chi connectivity index (χ1) is 8.43. The average molecular weight is 277 g/mol. The van der Waals surface area contributed by atoms with Crippen LogP contribution in [0, 0.1) is 16.7 Å². The van der Waals surface area contributed by atoms with Crippen molar-refractivity contribution in [3.8, 4) is 6.07 Å². The molecule has 1 heterocycles. The summed E-state index contributed by atoms with van der Waals surface area (Å²) in [5.74, 6) is -1.18. The van der Waals surface area contributed by atoms with Crippen molar-refractivity contribution in [2.24, 2.45) is 10.5 Å². The van der Waals surface area contributed by atoms with Gasteiger partial charge < -0.3 is 5.11 Å². The molecular formula is C11H14F3N3O2. The van der Waals surface area contributed by atoms with Gasteiger partial charge in [0, 0.05) is 17.5 Å². The third-order valence-electron chi connectivity index (χ3n) is 2.77. The van der Waals surface area contributed by atoms with E-state index < -0.39 is 36.1 Å². The SMILES string of the molecule is CC(C)(C)C1=NN(C(=O)CC#N)[C@](O)(C(F)(F)F)C1. The second-order valence-electron chi connectivity index (χ2n) is 5.33. The molecule has 1 aliphatic rings. The molecule has 0 bridgehead atoms. The van der Waals surface area contributed by atoms with E-state index in [0.717, 1.165) is 0 Å². The number of hydrogen-bond donors (Lipinski definition) is 1. The molecule has 1 atom stereocenters. The zero-order chi connectivity index (χ0) is 15.1. The molecule has 1 N–H and O–H groups in total. The van der Waals surface area contributed by atoms with Crippen LogP contribution in [0.3, 0.4) is 0 Å². The Morgan fingerprint density at radius 2 is 2.05 bits per heavy atom. The van der Waals surface area contributed by atoms with E-state index in [4.69, 9.17) is 5.26 Å². The van der Waals surface area contributed by atoms with Crippen LogP contribution >= 0.6 is 0 Å². The number of alkyl halides is 3. The third-order valence-corrected chi connectivity index (χ3v) is 2.77. The van der Waals surface area contributed by atoms with Gasteiger partial charge in [-0.1, -0.05) is 20.8 Å². The first-order valence-electron chi connectivity index (χ1n) is 5.50. The highest BCUT2D eigenvalue weighted by atomic mass is 19.4. The number of rotatable bonds is 1. The van der Waals surface area contributed by atoms with Gasteiger partial charge in [0.1, 0.15) is 6.42 Å². The van der Waals surface area contributed by atoms with Gasteiger partial charge in [0.05, 0.1) is 6.07 Å². The molecule has 106 valence electrons. The topological polar surface area (TPSA) is 76.7 Å². The van der Waals surface area contributed by atoms with E-state index in [0.29, 0.717) is 0 Å². The van der Waals surface area contributed by atoms with Crippen molar-refractivity contribution in [3.05, 3.63) is 0 Å². The number of nitrogens with zero attached hydrogens (tertiary/aromatic N) is 3. The van der Waals surface area contributed by atoms with Gasteiger partial charge in [0.15, 0.2) is 0 Å². The summed E-state index contributed by atoms with van der Waals surface area (Å²) in [7, 11) is 0.